The fraction of sp³-hybridized carbons (Fsp3) is 0.100. The summed E-state index contributed by atoms with van der Waals surface area (Å²) >= 11 is 0. The number of fused-ring (bicyclic) bond motifs is 1. The van der Waals surface area contributed by atoms with E-state index in [2.05, 4.69) is 18.6 Å². The van der Waals surface area contributed by atoms with Crippen molar-refractivity contribution >= 4 is 11.0 Å². The molecule has 0 aliphatic rings. The summed E-state index contributed by atoms with van der Waals surface area (Å²) in [4.78, 5) is 0. The molecule has 0 bridgehead atoms. The monoisotopic (exact) mass is 145 g/mol. The molecule has 0 N–H and O–H groups in total. The summed E-state index contributed by atoms with van der Waals surface area (Å²) in [6.45, 7) is 2.02. The molecular weight excluding hydrogens is 136 g/mol. The third kappa shape index (κ3) is 1.03. The molecule has 1 heteroatoms. The Morgan fingerprint density at radius 1 is 1.27 bits per heavy atom. The molecule has 1 nitrogen and oxygen atoms in total. The van der Waals surface area contributed by atoms with E-state index in [1.165, 1.54) is 5.56 Å². The second-order valence-electron chi connectivity index (χ2n) is 2.51. The second kappa shape index (κ2) is 2.42. The predicted octanol–water partition coefficient (Wildman–Crippen LogP) is 3.01. The SMILES string of the molecule is C[CH]c1ccc2ccoc2c1. The van der Waals surface area contributed by atoms with Crippen molar-refractivity contribution in [1.82, 2.24) is 0 Å². The standard InChI is InChI=1S/C10H9O/c1-2-8-3-4-9-5-6-11-10(9)7-8/h2-7H,1H3. The number of furan rings is 1. The van der Waals surface area contributed by atoms with Gasteiger partial charge in [0.2, 0.25) is 0 Å². The summed E-state index contributed by atoms with van der Waals surface area (Å²) in [5.41, 5.74) is 2.16. The van der Waals surface area contributed by atoms with E-state index in [0.717, 1.165) is 11.0 Å². The summed E-state index contributed by atoms with van der Waals surface area (Å²) in [6, 6.07) is 8.15. The minimum atomic E-state index is 0.959. The largest absolute Gasteiger partial charge is 0.464 e. The molecule has 0 atom stereocenters. The van der Waals surface area contributed by atoms with Gasteiger partial charge in [-0.3, -0.25) is 0 Å². The fourth-order valence-corrected chi connectivity index (χ4v) is 1.15. The number of hydrogen-bond acceptors (Lipinski definition) is 1. The lowest BCUT2D eigenvalue weighted by Gasteiger charge is -1.93. The summed E-state index contributed by atoms with van der Waals surface area (Å²) in [5.74, 6) is 0. The first-order valence-corrected chi connectivity index (χ1v) is 3.67. The molecule has 0 spiro atoms. The van der Waals surface area contributed by atoms with E-state index in [4.69, 9.17) is 4.42 Å². The summed E-state index contributed by atoms with van der Waals surface area (Å²) in [5, 5.41) is 1.16. The second-order valence-corrected chi connectivity index (χ2v) is 2.51. The highest BCUT2D eigenvalue weighted by atomic mass is 16.3. The minimum absolute atomic E-state index is 0.959. The molecule has 0 aliphatic carbocycles. The van der Waals surface area contributed by atoms with Gasteiger partial charge in [-0.1, -0.05) is 19.1 Å². The molecule has 0 amide bonds. The van der Waals surface area contributed by atoms with Crippen molar-refractivity contribution in [3.8, 4) is 0 Å². The Hall–Kier alpha value is -1.24. The third-order valence-corrected chi connectivity index (χ3v) is 1.81. The molecule has 1 aromatic carbocycles. The molecule has 55 valence electrons. The topological polar surface area (TPSA) is 13.1 Å². The Morgan fingerprint density at radius 2 is 2.18 bits per heavy atom. The van der Waals surface area contributed by atoms with Crippen LogP contribution in [0.25, 0.3) is 11.0 Å². The van der Waals surface area contributed by atoms with Gasteiger partial charge in [-0.15, -0.1) is 0 Å². The molecule has 11 heavy (non-hydrogen) atoms. The molecule has 0 saturated heterocycles. The first-order chi connectivity index (χ1) is 5.40. The van der Waals surface area contributed by atoms with Crippen LogP contribution in [-0.2, 0) is 0 Å². The van der Waals surface area contributed by atoms with E-state index in [1.807, 2.05) is 19.1 Å². The summed E-state index contributed by atoms with van der Waals surface area (Å²) in [6.07, 6.45) is 3.77. The van der Waals surface area contributed by atoms with Crippen molar-refractivity contribution in [1.29, 1.82) is 0 Å². The van der Waals surface area contributed by atoms with Crippen LogP contribution in [0.1, 0.15) is 12.5 Å². The van der Waals surface area contributed by atoms with E-state index >= 15 is 0 Å². The first-order valence-electron chi connectivity index (χ1n) is 3.67. The zero-order chi connectivity index (χ0) is 7.68. The molecule has 1 radical (unpaired) electrons. The van der Waals surface area contributed by atoms with Gasteiger partial charge in [0, 0.05) is 5.39 Å². The first kappa shape index (κ1) is 6.47. The lowest BCUT2D eigenvalue weighted by molar-refractivity contribution is 0.615. The van der Waals surface area contributed by atoms with E-state index in [-0.39, 0.29) is 0 Å². The van der Waals surface area contributed by atoms with Gasteiger partial charge in [-0.2, -0.15) is 0 Å². The number of hydrogen-bond donors (Lipinski definition) is 0. The van der Waals surface area contributed by atoms with Gasteiger partial charge in [0.1, 0.15) is 5.58 Å². The van der Waals surface area contributed by atoms with Crippen LogP contribution >= 0.6 is 0 Å². The predicted molar refractivity (Wildman–Crippen MR) is 45.3 cm³/mol. The number of benzene rings is 1. The quantitative estimate of drug-likeness (QED) is 0.601. The smallest absolute Gasteiger partial charge is 0.134 e. The van der Waals surface area contributed by atoms with Crippen molar-refractivity contribution in [2.75, 3.05) is 0 Å². The van der Waals surface area contributed by atoms with Crippen LogP contribution in [0.5, 0.6) is 0 Å². The molecule has 0 fully saturated rings. The molecular formula is C10H9O. The van der Waals surface area contributed by atoms with Crippen molar-refractivity contribution < 1.29 is 4.42 Å². The molecule has 2 rings (SSSR count). The maximum atomic E-state index is 5.24. The molecule has 0 saturated carbocycles. The van der Waals surface area contributed by atoms with E-state index in [1.54, 1.807) is 6.26 Å². The van der Waals surface area contributed by atoms with Crippen LogP contribution in [0.3, 0.4) is 0 Å². The van der Waals surface area contributed by atoms with Gasteiger partial charge in [0.15, 0.2) is 0 Å². The zero-order valence-corrected chi connectivity index (χ0v) is 6.37. The van der Waals surface area contributed by atoms with Crippen LogP contribution in [0.2, 0.25) is 0 Å². The van der Waals surface area contributed by atoms with Gasteiger partial charge in [0.25, 0.3) is 0 Å². The number of rotatable bonds is 1. The van der Waals surface area contributed by atoms with Gasteiger partial charge in [-0.05, 0) is 24.1 Å². The summed E-state index contributed by atoms with van der Waals surface area (Å²) < 4.78 is 5.24. The summed E-state index contributed by atoms with van der Waals surface area (Å²) in [7, 11) is 0. The highest BCUT2D eigenvalue weighted by Crippen LogP contribution is 2.17. The van der Waals surface area contributed by atoms with Crippen LogP contribution in [0, 0.1) is 6.42 Å². The van der Waals surface area contributed by atoms with Gasteiger partial charge in [-0.25, -0.2) is 0 Å². The van der Waals surface area contributed by atoms with Crippen LogP contribution in [-0.4, -0.2) is 0 Å². The van der Waals surface area contributed by atoms with Crippen molar-refractivity contribution in [3.05, 3.63) is 42.5 Å². The van der Waals surface area contributed by atoms with Crippen molar-refractivity contribution in [3.63, 3.8) is 0 Å². The van der Waals surface area contributed by atoms with Crippen LogP contribution in [0.4, 0.5) is 0 Å². The highest BCUT2D eigenvalue weighted by molar-refractivity contribution is 5.77. The molecule has 0 unspecified atom stereocenters. The average molecular weight is 145 g/mol. The van der Waals surface area contributed by atoms with Crippen LogP contribution in [0.15, 0.2) is 34.9 Å². The Labute approximate surface area is 65.6 Å². The Bertz CT molecular complexity index is 360. The minimum Gasteiger partial charge on any atom is -0.464 e. The van der Waals surface area contributed by atoms with E-state index in [0.29, 0.717) is 0 Å². The maximum Gasteiger partial charge on any atom is 0.134 e. The van der Waals surface area contributed by atoms with Gasteiger partial charge >= 0.3 is 0 Å². The average Bonchev–Trinajstić information content (AvgIpc) is 2.50. The zero-order valence-electron chi connectivity index (χ0n) is 6.37. The maximum absolute atomic E-state index is 5.24. The van der Waals surface area contributed by atoms with E-state index < -0.39 is 0 Å². The Morgan fingerprint density at radius 3 is 3.00 bits per heavy atom. The molecule has 2 aromatic rings. The lowest BCUT2D eigenvalue weighted by Crippen LogP contribution is -1.74. The molecule has 1 heterocycles. The van der Waals surface area contributed by atoms with Crippen LogP contribution < -0.4 is 0 Å². The van der Waals surface area contributed by atoms with Gasteiger partial charge in [0.05, 0.1) is 6.26 Å². The normalized spacial score (nSPS) is 10.6. The van der Waals surface area contributed by atoms with Gasteiger partial charge < -0.3 is 4.42 Å². The molecule has 0 aliphatic heterocycles. The van der Waals surface area contributed by atoms with E-state index in [9.17, 15) is 0 Å². The Kier molecular flexibility index (Phi) is 1.42. The third-order valence-electron chi connectivity index (χ3n) is 1.81. The molecule has 1 aromatic heterocycles. The van der Waals surface area contributed by atoms with Crippen molar-refractivity contribution in [2.45, 2.75) is 6.92 Å². The lowest BCUT2D eigenvalue weighted by atomic mass is 10.1. The highest BCUT2D eigenvalue weighted by Gasteiger charge is 1.95. The van der Waals surface area contributed by atoms with Crippen molar-refractivity contribution in [2.24, 2.45) is 0 Å². The fourth-order valence-electron chi connectivity index (χ4n) is 1.15. The Balaban J connectivity index is 2.67.